The van der Waals surface area contributed by atoms with E-state index in [1.54, 1.807) is 9.36 Å². The van der Waals surface area contributed by atoms with Crippen molar-refractivity contribution in [2.24, 2.45) is 0 Å². The Bertz CT molecular complexity index is 901. The van der Waals surface area contributed by atoms with E-state index in [1.165, 1.54) is 11.8 Å². The van der Waals surface area contributed by atoms with E-state index < -0.39 is 0 Å². The highest BCUT2D eigenvalue weighted by Crippen LogP contribution is 2.40. The second-order valence-corrected chi connectivity index (χ2v) is 7.03. The van der Waals surface area contributed by atoms with Crippen LogP contribution in [-0.2, 0) is 11.3 Å². The van der Waals surface area contributed by atoms with Crippen LogP contribution in [0, 0.1) is 0 Å². The molecule has 4 rings (SSSR count). The van der Waals surface area contributed by atoms with Gasteiger partial charge in [0.25, 0.3) is 0 Å². The van der Waals surface area contributed by atoms with Gasteiger partial charge in [0, 0.05) is 18.5 Å². The van der Waals surface area contributed by atoms with Gasteiger partial charge in [-0.2, -0.15) is 5.10 Å². The number of amides is 1. The van der Waals surface area contributed by atoms with Crippen LogP contribution in [0.2, 0.25) is 0 Å². The molecule has 0 saturated heterocycles. The minimum absolute atomic E-state index is 0.111. The van der Waals surface area contributed by atoms with E-state index in [2.05, 4.69) is 20.8 Å². The molecule has 0 unspecified atom stereocenters. The molecule has 1 saturated carbocycles. The molecule has 1 N–H and O–H groups in total. The zero-order valence-corrected chi connectivity index (χ0v) is 15.2. The minimum Gasteiger partial charge on any atom is -0.310 e. The molecule has 0 aliphatic heterocycles. The number of nitrogens with one attached hydrogen (secondary N) is 1. The number of carbonyl (C=O) groups excluding carboxylic acids is 1. The number of aryl methyl sites for hydroxylation is 1. The molecule has 0 atom stereocenters. The van der Waals surface area contributed by atoms with Crippen LogP contribution in [0.25, 0.3) is 5.69 Å². The number of hydrogen-bond donors (Lipinski definition) is 1. The average molecular weight is 369 g/mol. The molecule has 0 spiro atoms. The van der Waals surface area contributed by atoms with Crippen molar-refractivity contribution >= 4 is 23.5 Å². The maximum absolute atomic E-state index is 12.4. The molecule has 1 aromatic carbocycles. The van der Waals surface area contributed by atoms with Crippen molar-refractivity contribution < 1.29 is 4.79 Å². The van der Waals surface area contributed by atoms with E-state index >= 15 is 0 Å². The summed E-state index contributed by atoms with van der Waals surface area (Å²) >= 11 is 1.32. The van der Waals surface area contributed by atoms with Crippen LogP contribution in [0.1, 0.15) is 31.4 Å². The fourth-order valence-electron chi connectivity index (χ4n) is 2.64. The van der Waals surface area contributed by atoms with Gasteiger partial charge in [-0.15, -0.1) is 5.10 Å². The molecule has 134 valence electrons. The highest BCUT2D eigenvalue weighted by Gasteiger charge is 2.28. The molecule has 2 heterocycles. The Hall–Kier alpha value is -2.68. The Balaban J connectivity index is 1.49. The van der Waals surface area contributed by atoms with Crippen molar-refractivity contribution in [3.05, 3.63) is 42.1 Å². The third-order valence-electron chi connectivity index (χ3n) is 4.12. The lowest BCUT2D eigenvalue weighted by atomic mass is 10.3. The number of para-hydroxylation sites is 1. The van der Waals surface area contributed by atoms with E-state index in [0.29, 0.717) is 23.4 Å². The molecular weight excluding hydrogens is 350 g/mol. The number of nitrogens with zero attached hydrogens (tertiary/aromatic N) is 6. The van der Waals surface area contributed by atoms with E-state index in [0.717, 1.165) is 24.2 Å². The van der Waals surface area contributed by atoms with E-state index in [4.69, 9.17) is 5.10 Å². The monoisotopic (exact) mass is 369 g/mol. The molecule has 2 aromatic heterocycles. The third kappa shape index (κ3) is 3.62. The number of carbonyl (C=O) groups is 1. The molecule has 0 radical (unpaired) electrons. The summed E-state index contributed by atoms with van der Waals surface area (Å²) in [5, 5.41) is 19.7. The molecule has 0 bridgehead atoms. The van der Waals surface area contributed by atoms with Gasteiger partial charge in [0.2, 0.25) is 11.1 Å². The number of benzene rings is 1. The Morgan fingerprint density at radius 3 is 2.85 bits per heavy atom. The van der Waals surface area contributed by atoms with Gasteiger partial charge in [0.15, 0.2) is 0 Å². The van der Waals surface area contributed by atoms with Crippen LogP contribution in [-0.4, -0.2) is 41.6 Å². The molecule has 1 amide bonds. The number of anilines is 1. The van der Waals surface area contributed by atoms with E-state index in [1.807, 2.05) is 43.3 Å². The summed E-state index contributed by atoms with van der Waals surface area (Å²) in [6, 6.07) is 11.8. The van der Waals surface area contributed by atoms with Gasteiger partial charge in [-0.25, -0.2) is 9.36 Å². The molecule has 1 aliphatic carbocycles. The lowest BCUT2D eigenvalue weighted by molar-refractivity contribution is -0.113. The Morgan fingerprint density at radius 2 is 2.12 bits per heavy atom. The fraction of sp³-hybridized carbons (Fsp3) is 0.353. The fourth-order valence-corrected chi connectivity index (χ4v) is 3.38. The summed E-state index contributed by atoms with van der Waals surface area (Å²) in [7, 11) is 0. The summed E-state index contributed by atoms with van der Waals surface area (Å²) in [5.41, 5.74) is 1.96. The average Bonchev–Trinajstić information content (AvgIpc) is 3.27. The van der Waals surface area contributed by atoms with E-state index in [9.17, 15) is 4.79 Å². The summed E-state index contributed by atoms with van der Waals surface area (Å²) < 4.78 is 3.46. The maximum atomic E-state index is 12.4. The van der Waals surface area contributed by atoms with Crippen LogP contribution in [0.4, 0.5) is 5.82 Å². The van der Waals surface area contributed by atoms with Crippen LogP contribution in [0.3, 0.4) is 0 Å². The van der Waals surface area contributed by atoms with Crippen LogP contribution in [0.5, 0.6) is 0 Å². The Kier molecular flexibility index (Phi) is 4.70. The quantitative estimate of drug-likeness (QED) is 0.644. The zero-order chi connectivity index (χ0) is 17.9. The van der Waals surface area contributed by atoms with Crippen molar-refractivity contribution in [3.8, 4) is 5.69 Å². The number of hydrogen-bond acceptors (Lipinski definition) is 6. The lowest BCUT2D eigenvalue weighted by Crippen LogP contribution is -2.17. The van der Waals surface area contributed by atoms with Gasteiger partial charge in [-0.05, 0) is 42.3 Å². The second kappa shape index (κ2) is 7.28. The Labute approximate surface area is 155 Å². The first-order valence-corrected chi connectivity index (χ1v) is 9.57. The van der Waals surface area contributed by atoms with Crippen molar-refractivity contribution in [2.75, 3.05) is 11.1 Å². The SMILES string of the molecule is CCn1nnnc1SCC(=O)Nc1cc(C2CC2)nn1-c1ccccc1. The summed E-state index contributed by atoms with van der Waals surface area (Å²) in [6.45, 7) is 2.63. The first-order valence-electron chi connectivity index (χ1n) is 8.59. The standard InChI is InChI=1S/C17H19N7OS/c1-2-23-17(19-21-22-23)26-11-16(25)18-15-10-14(12-8-9-12)20-24(15)13-6-4-3-5-7-13/h3-7,10,12H,2,8-9,11H2,1H3,(H,18,25). The molecule has 26 heavy (non-hydrogen) atoms. The molecular formula is C17H19N7OS. The molecule has 1 fully saturated rings. The molecule has 9 heteroatoms. The summed E-state index contributed by atoms with van der Waals surface area (Å²) in [4.78, 5) is 12.4. The van der Waals surface area contributed by atoms with Crippen LogP contribution >= 0.6 is 11.8 Å². The molecule has 8 nitrogen and oxygen atoms in total. The summed E-state index contributed by atoms with van der Waals surface area (Å²) in [5.74, 6) is 1.33. The normalized spacial score (nSPS) is 13.7. The molecule has 3 aromatic rings. The van der Waals surface area contributed by atoms with Crippen molar-refractivity contribution in [3.63, 3.8) is 0 Å². The number of rotatable bonds is 7. The van der Waals surface area contributed by atoms with Gasteiger partial charge in [-0.3, -0.25) is 4.79 Å². The van der Waals surface area contributed by atoms with Gasteiger partial charge >= 0.3 is 0 Å². The van der Waals surface area contributed by atoms with Gasteiger partial charge in [0.1, 0.15) is 5.82 Å². The highest BCUT2D eigenvalue weighted by atomic mass is 32.2. The van der Waals surface area contributed by atoms with Crippen molar-refractivity contribution in [1.29, 1.82) is 0 Å². The second-order valence-electron chi connectivity index (χ2n) is 6.09. The largest absolute Gasteiger partial charge is 0.310 e. The van der Waals surface area contributed by atoms with Gasteiger partial charge in [0.05, 0.1) is 17.1 Å². The number of tetrazole rings is 1. The topological polar surface area (TPSA) is 90.5 Å². The lowest BCUT2D eigenvalue weighted by Gasteiger charge is -2.08. The predicted molar refractivity (Wildman–Crippen MR) is 98.4 cm³/mol. The van der Waals surface area contributed by atoms with E-state index in [-0.39, 0.29) is 11.7 Å². The number of thioether (sulfide) groups is 1. The van der Waals surface area contributed by atoms with Crippen molar-refractivity contribution in [2.45, 2.75) is 37.4 Å². The van der Waals surface area contributed by atoms with Crippen LogP contribution < -0.4 is 5.32 Å². The first-order chi connectivity index (χ1) is 12.7. The van der Waals surface area contributed by atoms with Crippen LogP contribution in [0.15, 0.2) is 41.6 Å². The molecule has 1 aliphatic rings. The van der Waals surface area contributed by atoms with Gasteiger partial charge in [-0.1, -0.05) is 30.0 Å². The third-order valence-corrected chi connectivity index (χ3v) is 5.08. The minimum atomic E-state index is -0.111. The summed E-state index contributed by atoms with van der Waals surface area (Å²) in [6.07, 6.45) is 2.32. The first kappa shape index (κ1) is 16.8. The van der Waals surface area contributed by atoms with Crippen molar-refractivity contribution in [1.82, 2.24) is 30.0 Å². The maximum Gasteiger partial charge on any atom is 0.236 e. The smallest absolute Gasteiger partial charge is 0.236 e. The predicted octanol–water partition coefficient (Wildman–Crippen LogP) is 2.49. The van der Waals surface area contributed by atoms with Gasteiger partial charge < -0.3 is 5.32 Å². The number of aromatic nitrogens is 6. The zero-order valence-electron chi connectivity index (χ0n) is 14.4. The highest BCUT2D eigenvalue weighted by molar-refractivity contribution is 7.99. The Morgan fingerprint density at radius 1 is 1.31 bits per heavy atom.